The number of aryl methyl sites for hydroxylation is 1. The Kier molecular flexibility index (Phi) is 4.95. The molecule has 0 aliphatic carbocycles. The Hall–Kier alpha value is -2.28. The molecule has 5 nitrogen and oxygen atoms in total. The number of aromatic nitrogens is 2. The Morgan fingerprint density at radius 1 is 1.15 bits per heavy atom. The molecule has 2 aromatic carbocycles. The third-order valence-electron chi connectivity index (χ3n) is 3.87. The molecular weight excluding hydrogens is 405 g/mol. The van der Waals surface area contributed by atoms with Crippen LogP contribution >= 0.6 is 35.0 Å². The summed E-state index contributed by atoms with van der Waals surface area (Å²) >= 11 is 13.4. The van der Waals surface area contributed by atoms with Crippen molar-refractivity contribution in [2.24, 2.45) is 0 Å². The molecule has 0 saturated carbocycles. The fourth-order valence-electron chi connectivity index (χ4n) is 2.69. The second-order valence-electron chi connectivity index (χ2n) is 5.79. The molecular formula is C19H13Cl2N3O2S. The Labute approximate surface area is 169 Å². The van der Waals surface area contributed by atoms with Gasteiger partial charge in [0.05, 0.1) is 21.5 Å². The minimum absolute atomic E-state index is 0.144. The summed E-state index contributed by atoms with van der Waals surface area (Å²) < 4.78 is 5.91. The van der Waals surface area contributed by atoms with Crippen LogP contribution in [0.15, 0.2) is 51.9 Å². The largest absolute Gasteiger partial charge is 0.451 e. The van der Waals surface area contributed by atoms with Gasteiger partial charge in [0.1, 0.15) is 22.0 Å². The zero-order valence-corrected chi connectivity index (χ0v) is 16.5. The molecule has 1 N–H and O–H groups in total. The van der Waals surface area contributed by atoms with Crippen LogP contribution in [0.5, 0.6) is 0 Å². The summed E-state index contributed by atoms with van der Waals surface area (Å²) in [7, 11) is 0. The highest BCUT2D eigenvalue weighted by atomic mass is 35.5. The number of halogens is 2. The van der Waals surface area contributed by atoms with Gasteiger partial charge in [-0.15, -0.1) is 0 Å². The summed E-state index contributed by atoms with van der Waals surface area (Å²) in [6.45, 7) is 1.82. The van der Waals surface area contributed by atoms with Gasteiger partial charge >= 0.3 is 0 Å². The molecule has 0 unspecified atom stereocenters. The molecule has 0 aliphatic heterocycles. The number of rotatable bonds is 4. The van der Waals surface area contributed by atoms with Crippen LogP contribution in [0, 0.1) is 6.92 Å². The highest BCUT2D eigenvalue weighted by Gasteiger charge is 2.16. The van der Waals surface area contributed by atoms with E-state index in [1.54, 1.807) is 18.2 Å². The van der Waals surface area contributed by atoms with Crippen LogP contribution in [0.3, 0.4) is 0 Å². The number of para-hydroxylation sites is 1. The van der Waals surface area contributed by atoms with Crippen LogP contribution in [-0.2, 0) is 4.79 Å². The molecule has 1 amide bonds. The number of benzene rings is 2. The number of hydrogen-bond donors (Lipinski definition) is 1. The maximum atomic E-state index is 12.3. The third-order valence-corrected chi connectivity index (χ3v) is 5.64. The lowest BCUT2D eigenvalue weighted by atomic mass is 10.2. The maximum absolute atomic E-state index is 12.3. The smallest absolute Gasteiger partial charge is 0.234 e. The maximum Gasteiger partial charge on any atom is 0.234 e. The average Bonchev–Trinajstić information content (AvgIpc) is 3.02. The number of anilines is 1. The van der Waals surface area contributed by atoms with Crippen LogP contribution in [0.2, 0.25) is 10.0 Å². The highest BCUT2D eigenvalue weighted by molar-refractivity contribution is 8.00. The molecule has 0 bridgehead atoms. The molecule has 2 aromatic heterocycles. The minimum atomic E-state index is -0.218. The molecule has 27 heavy (non-hydrogen) atoms. The van der Waals surface area contributed by atoms with Crippen molar-refractivity contribution in [2.75, 3.05) is 11.1 Å². The van der Waals surface area contributed by atoms with Gasteiger partial charge in [0.15, 0.2) is 5.58 Å². The minimum Gasteiger partial charge on any atom is -0.451 e. The number of fused-ring (bicyclic) bond motifs is 3. The van der Waals surface area contributed by atoms with E-state index in [4.69, 9.17) is 27.6 Å². The highest BCUT2D eigenvalue weighted by Crippen LogP contribution is 2.33. The predicted octanol–water partition coefficient (Wildman–Crippen LogP) is 5.72. The molecule has 4 rings (SSSR count). The van der Waals surface area contributed by atoms with Gasteiger partial charge in [0, 0.05) is 5.39 Å². The van der Waals surface area contributed by atoms with Crippen LogP contribution < -0.4 is 5.32 Å². The fourth-order valence-corrected chi connectivity index (χ4v) is 3.84. The quantitative estimate of drug-likeness (QED) is 0.339. The standard InChI is InChI=1S/C19H13Cl2N3O2S/c1-10-22-17-11-5-2-3-8-14(11)26-18(17)19(23-10)27-9-15(25)24-13-7-4-6-12(20)16(13)21/h2-8H,9H2,1H3,(H,24,25). The summed E-state index contributed by atoms with van der Waals surface area (Å²) in [6, 6.07) is 12.8. The van der Waals surface area contributed by atoms with Crippen molar-refractivity contribution in [3.8, 4) is 0 Å². The number of hydrogen-bond acceptors (Lipinski definition) is 5. The molecule has 0 spiro atoms. The van der Waals surface area contributed by atoms with Crippen LogP contribution in [0.4, 0.5) is 5.69 Å². The van der Waals surface area contributed by atoms with E-state index in [1.165, 1.54) is 11.8 Å². The van der Waals surface area contributed by atoms with Gasteiger partial charge in [-0.05, 0) is 31.2 Å². The van der Waals surface area contributed by atoms with Crippen molar-refractivity contribution < 1.29 is 9.21 Å². The number of nitrogens with zero attached hydrogens (tertiary/aromatic N) is 2. The third kappa shape index (κ3) is 3.60. The van der Waals surface area contributed by atoms with Crippen LogP contribution in [-0.4, -0.2) is 21.6 Å². The van der Waals surface area contributed by atoms with E-state index < -0.39 is 0 Å². The zero-order valence-electron chi connectivity index (χ0n) is 14.1. The first kappa shape index (κ1) is 18.1. The molecule has 0 atom stereocenters. The van der Waals surface area contributed by atoms with E-state index in [0.717, 1.165) is 16.5 Å². The van der Waals surface area contributed by atoms with Crippen molar-refractivity contribution in [3.63, 3.8) is 0 Å². The molecule has 0 aliphatic rings. The van der Waals surface area contributed by atoms with Crippen molar-refractivity contribution >= 4 is 68.6 Å². The number of carbonyl (C=O) groups is 1. The lowest BCUT2D eigenvalue weighted by Gasteiger charge is -2.08. The van der Waals surface area contributed by atoms with Crippen molar-refractivity contribution in [1.29, 1.82) is 0 Å². The van der Waals surface area contributed by atoms with Crippen LogP contribution in [0.1, 0.15) is 5.82 Å². The van der Waals surface area contributed by atoms with Gasteiger partial charge in [0.25, 0.3) is 0 Å². The molecule has 0 radical (unpaired) electrons. The molecule has 0 saturated heterocycles. The van der Waals surface area contributed by atoms with E-state index in [2.05, 4.69) is 15.3 Å². The van der Waals surface area contributed by atoms with E-state index in [1.807, 2.05) is 31.2 Å². The molecule has 4 aromatic rings. The Bertz CT molecular complexity index is 1180. The van der Waals surface area contributed by atoms with Gasteiger partial charge < -0.3 is 9.73 Å². The monoisotopic (exact) mass is 417 g/mol. The summed E-state index contributed by atoms with van der Waals surface area (Å²) in [4.78, 5) is 21.3. The summed E-state index contributed by atoms with van der Waals surface area (Å²) in [5.41, 5.74) is 2.55. The van der Waals surface area contributed by atoms with Gasteiger partial charge in [-0.3, -0.25) is 4.79 Å². The Morgan fingerprint density at radius 2 is 1.96 bits per heavy atom. The normalized spacial score (nSPS) is 11.2. The van der Waals surface area contributed by atoms with Crippen LogP contribution in [0.25, 0.3) is 22.1 Å². The first-order valence-corrected chi connectivity index (χ1v) is 9.79. The number of nitrogens with one attached hydrogen (secondary N) is 1. The van der Waals surface area contributed by atoms with E-state index >= 15 is 0 Å². The van der Waals surface area contributed by atoms with Gasteiger partial charge in [-0.2, -0.15) is 0 Å². The van der Waals surface area contributed by atoms with Gasteiger partial charge in [0.2, 0.25) is 5.91 Å². The fraction of sp³-hybridized carbons (Fsp3) is 0.105. The molecule has 8 heteroatoms. The zero-order chi connectivity index (χ0) is 19.0. The molecule has 0 fully saturated rings. The van der Waals surface area contributed by atoms with Crippen molar-refractivity contribution in [2.45, 2.75) is 11.9 Å². The number of carbonyl (C=O) groups excluding carboxylic acids is 1. The van der Waals surface area contributed by atoms with Crippen molar-refractivity contribution in [1.82, 2.24) is 9.97 Å². The number of furan rings is 1. The SMILES string of the molecule is Cc1nc(SCC(=O)Nc2cccc(Cl)c2Cl)c2oc3ccccc3c2n1. The summed E-state index contributed by atoms with van der Waals surface area (Å²) in [5, 5.41) is 5.01. The second kappa shape index (κ2) is 7.38. The average molecular weight is 418 g/mol. The summed E-state index contributed by atoms with van der Waals surface area (Å²) in [5.74, 6) is 0.547. The van der Waals surface area contributed by atoms with Gasteiger partial charge in [-0.25, -0.2) is 9.97 Å². The van der Waals surface area contributed by atoms with Crippen molar-refractivity contribution in [3.05, 3.63) is 58.3 Å². The molecule has 136 valence electrons. The lowest BCUT2D eigenvalue weighted by molar-refractivity contribution is -0.113. The predicted molar refractivity (Wildman–Crippen MR) is 110 cm³/mol. The lowest BCUT2D eigenvalue weighted by Crippen LogP contribution is -2.14. The Balaban J connectivity index is 1.58. The van der Waals surface area contributed by atoms with E-state index in [0.29, 0.717) is 32.2 Å². The topological polar surface area (TPSA) is 68.0 Å². The van der Waals surface area contributed by atoms with E-state index in [-0.39, 0.29) is 11.7 Å². The van der Waals surface area contributed by atoms with E-state index in [9.17, 15) is 4.79 Å². The van der Waals surface area contributed by atoms with Gasteiger partial charge in [-0.1, -0.05) is 53.2 Å². The Morgan fingerprint density at radius 3 is 2.81 bits per heavy atom. The second-order valence-corrected chi connectivity index (χ2v) is 7.54. The number of amides is 1. The number of thioether (sulfide) groups is 1. The molecule has 2 heterocycles. The first-order valence-electron chi connectivity index (χ1n) is 8.05. The first-order chi connectivity index (χ1) is 13.0. The summed E-state index contributed by atoms with van der Waals surface area (Å²) in [6.07, 6.45) is 0.